The van der Waals surface area contributed by atoms with Crippen molar-refractivity contribution in [1.29, 1.82) is 0 Å². The van der Waals surface area contributed by atoms with Crippen LogP contribution < -0.4 is 11.1 Å². The Morgan fingerprint density at radius 3 is 2.95 bits per heavy atom. The van der Waals surface area contributed by atoms with Crippen LogP contribution in [-0.4, -0.2) is 21.9 Å². The highest BCUT2D eigenvalue weighted by atomic mass is 35.5. The van der Waals surface area contributed by atoms with Crippen molar-refractivity contribution in [3.8, 4) is 0 Å². The minimum Gasteiger partial charge on any atom is -0.328 e. The lowest BCUT2D eigenvalue weighted by molar-refractivity contribution is -0.120. The molecular formula is C14H18Cl2N4O. The number of nitrogens with one attached hydrogen (secondary N) is 2. The maximum absolute atomic E-state index is 12.2. The Hall–Kier alpha value is -1.30. The molecule has 1 aliphatic rings. The molecule has 1 aromatic carbocycles. The molecule has 0 bridgehead atoms. The van der Waals surface area contributed by atoms with Gasteiger partial charge in [0.15, 0.2) is 0 Å². The third-order valence-electron chi connectivity index (χ3n) is 3.79. The van der Waals surface area contributed by atoms with Crippen molar-refractivity contribution < 1.29 is 4.79 Å². The molecule has 2 unspecified atom stereocenters. The van der Waals surface area contributed by atoms with E-state index in [-0.39, 0.29) is 30.3 Å². The van der Waals surface area contributed by atoms with Crippen molar-refractivity contribution in [2.75, 3.05) is 5.32 Å². The van der Waals surface area contributed by atoms with Crippen molar-refractivity contribution in [1.82, 2.24) is 9.97 Å². The molecule has 7 heteroatoms. The van der Waals surface area contributed by atoms with Gasteiger partial charge in [0.1, 0.15) is 5.52 Å². The number of H-pyrrole nitrogens is 1. The molecule has 1 fully saturated rings. The second-order valence-electron chi connectivity index (χ2n) is 5.33. The Morgan fingerprint density at radius 2 is 2.24 bits per heavy atom. The van der Waals surface area contributed by atoms with E-state index in [9.17, 15) is 4.79 Å². The summed E-state index contributed by atoms with van der Waals surface area (Å²) in [5, 5.41) is 3.40. The molecule has 0 saturated heterocycles. The van der Waals surface area contributed by atoms with E-state index in [1.807, 2.05) is 12.1 Å². The molecule has 1 heterocycles. The predicted molar refractivity (Wildman–Crippen MR) is 86.9 cm³/mol. The van der Waals surface area contributed by atoms with Gasteiger partial charge in [-0.3, -0.25) is 10.1 Å². The van der Waals surface area contributed by atoms with E-state index in [1.165, 1.54) is 0 Å². The number of nitrogens with two attached hydrogens (primary N) is 1. The largest absolute Gasteiger partial charge is 0.328 e. The molecule has 21 heavy (non-hydrogen) atoms. The van der Waals surface area contributed by atoms with Crippen LogP contribution in [0.5, 0.6) is 0 Å². The van der Waals surface area contributed by atoms with E-state index in [0.29, 0.717) is 16.5 Å². The van der Waals surface area contributed by atoms with Gasteiger partial charge in [0.2, 0.25) is 11.9 Å². The summed E-state index contributed by atoms with van der Waals surface area (Å²) in [5.74, 6) is 0.398. The molecule has 1 amide bonds. The Kier molecular flexibility index (Phi) is 5.08. The maximum Gasteiger partial charge on any atom is 0.229 e. The zero-order valence-electron chi connectivity index (χ0n) is 11.4. The zero-order chi connectivity index (χ0) is 14.1. The number of rotatable bonds is 2. The van der Waals surface area contributed by atoms with Crippen LogP contribution in [0.4, 0.5) is 5.95 Å². The molecule has 2 atom stereocenters. The Morgan fingerprint density at radius 1 is 1.43 bits per heavy atom. The molecule has 0 spiro atoms. The number of halogens is 2. The number of nitrogens with zero attached hydrogens (tertiary/aromatic N) is 1. The van der Waals surface area contributed by atoms with E-state index < -0.39 is 0 Å². The number of hydrogen-bond donors (Lipinski definition) is 3. The van der Waals surface area contributed by atoms with Gasteiger partial charge in [0.25, 0.3) is 0 Å². The van der Waals surface area contributed by atoms with Crippen LogP contribution in [0.15, 0.2) is 18.2 Å². The Bertz CT molecular complexity index is 643. The van der Waals surface area contributed by atoms with E-state index >= 15 is 0 Å². The van der Waals surface area contributed by atoms with Gasteiger partial charge in [-0.2, -0.15) is 0 Å². The van der Waals surface area contributed by atoms with Crippen molar-refractivity contribution in [3.05, 3.63) is 23.2 Å². The van der Waals surface area contributed by atoms with Crippen LogP contribution in [0.2, 0.25) is 5.02 Å². The lowest BCUT2D eigenvalue weighted by atomic mass is 9.85. The fraction of sp³-hybridized carbons (Fsp3) is 0.429. The molecular weight excluding hydrogens is 311 g/mol. The fourth-order valence-electron chi connectivity index (χ4n) is 2.74. The summed E-state index contributed by atoms with van der Waals surface area (Å²) in [5.41, 5.74) is 7.40. The van der Waals surface area contributed by atoms with Gasteiger partial charge >= 0.3 is 0 Å². The van der Waals surface area contributed by atoms with Gasteiger partial charge in [0, 0.05) is 12.0 Å². The molecule has 5 nitrogen and oxygen atoms in total. The minimum absolute atomic E-state index is 0. The number of hydrogen-bond acceptors (Lipinski definition) is 3. The highest BCUT2D eigenvalue weighted by Gasteiger charge is 2.25. The topological polar surface area (TPSA) is 83.8 Å². The lowest BCUT2D eigenvalue weighted by Gasteiger charge is -2.25. The third-order valence-corrected chi connectivity index (χ3v) is 4.10. The van der Waals surface area contributed by atoms with Crippen LogP contribution in [0, 0.1) is 5.92 Å². The van der Waals surface area contributed by atoms with Gasteiger partial charge in [-0.05, 0) is 31.4 Å². The van der Waals surface area contributed by atoms with E-state index in [0.717, 1.165) is 31.2 Å². The first kappa shape index (κ1) is 16.1. The van der Waals surface area contributed by atoms with Crippen LogP contribution >= 0.6 is 24.0 Å². The van der Waals surface area contributed by atoms with Crippen molar-refractivity contribution >= 4 is 46.9 Å². The highest BCUT2D eigenvalue weighted by molar-refractivity contribution is 6.35. The molecule has 4 N–H and O–H groups in total. The zero-order valence-corrected chi connectivity index (χ0v) is 13.0. The number of para-hydroxylation sites is 1. The summed E-state index contributed by atoms with van der Waals surface area (Å²) in [6.07, 6.45) is 3.64. The van der Waals surface area contributed by atoms with Crippen molar-refractivity contribution in [3.63, 3.8) is 0 Å². The average Bonchev–Trinajstić information content (AvgIpc) is 2.83. The SMILES string of the molecule is Cl.NC1CCCC(C(=O)Nc2nc3c(Cl)cccc3[nH]2)C1. The summed E-state index contributed by atoms with van der Waals surface area (Å²) >= 11 is 6.06. The number of amides is 1. The first-order chi connectivity index (χ1) is 9.63. The summed E-state index contributed by atoms with van der Waals surface area (Å²) in [6, 6.07) is 5.62. The molecule has 1 saturated carbocycles. The number of carbonyl (C=O) groups is 1. The second kappa shape index (κ2) is 6.64. The number of aromatic nitrogens is 2. The number of carbonyl (C=O) groups excluding carboxylic acids is 1. The lowest BCUT2D eigenvalue weighted by Crippen LogP contribution is -2.34. The third kappa shape index (κ3) is 3.48. The molecule has 0 radical (unpaired) electrons. The molecule has 114 valence electrons. The Labute approximate surface area is 134 Å². The molecule has 3 rings (SSSR count). The summed E-state index contributed by atoms with van der Waals surface area (Å²) < 4.78 is 0. The number of fused-ring (bicyclic) bond motifs is 1. The quantitative estimate of drug-likeness (QED) is 0.791. The number of benzene rings is 1. The molecule has 2 aromatic rings. The maximum atomic E-state index is 12.2. The van der Waals surface area contributed by atoms with Gasteiger partial charge in [-0.15, -0.1) is 12.4 Å². The molecule has 0 aliphatic heterocycles. The van der Waals surface area contributed by atoms with E-state index in [1.54, 1.807) is 6.07 Å². The van der Waals surface area contributed by atoms with Crippen LogP contribution in [-0.2, 0) is 4.79 Å². The van der Waals surface area contributed by atoms with E-state index in [4.69, 9.17) is 17.3 Å². The number of aromatic amines is 1. The second-order valence-corrected chi connectivity index (χ2v) is 5.74. The smallest absolute Gasteiger partial charge is 0.229 e. The highest BCUT2D eigenvalue weighted by Crippen LogP contribution is 2.26. The first-order valence-corrected chi connectivity index (χ1v) is 7.22. The molecule has 1 aliphatic carbocycles. The minimum atomic E-state index is -0.0255. The summed E-state index contributed by atoms with van der Waals surface area (Å²) in [4.78, 5) is 19.6. The van der Waals surface area contributed by atoms with Crippen molar-refractivity contribution in [2.45, 2.75) is 31.7 Å². The predicted octanol–water partition coefficient (Wildman–Crippen LogP) is 3.09. The number of imidazole rings is 1. The fourth-order valence-corrected chi connectivity index (χ4v) is 2.96. The standard InChI is InChI=1S/C14H17ClN4O.ClH/c15-10-5-2-6-11-12(10)18-14(17-11)19-13(20)8-3-1-4-9(16)7-8;/h2,5-6,8-9H,1,3-4,7,16H2,(H2,17,18,19,20);1H. The average molecular weight is 329 g/mol. The van der Waals surface area contributed by atoms with Gasteiger partial charge < -0.3 is 10.7 Å². The van der Waals surface area contributed by atoms with Crippen LogP contribution in [0.25, 0.3) is 11.0 Å². The Balaban J connectivity index is 0.00000161. The van der Waals surface area contributed by atoms with E-state index in [2.05, 4.69) is 15.3 Å². The van der Waals surface area contributed by atoms with Gasteiger partial charge in [-0.25, -0.2) is 4.98 Å². The summed E-state index contributed by atoms with van der Waals surface area (Å²) in [7, 11) is 0. The summed E-state index contributed by atoms with van der Waals surface area (Å²) in [6.45, 7) is 0. The van der Waals surface area contributed by atoms with Crippen molar-refractivity contribution in [2.24, 2.45) is 11.7 Å². The van der Waals surface area contributed by atoms with Crippen LogP contribution in [0.3, 0.4) is 0 Å². The first-order valence-electron chi connectivity index (χ1n) is 6.84. The van der Waals surface area contributed by atoms with Gasteiger partial charge in [0.05, 0.1) is 10.5 Å². The van der Waals surface area contributed by atoms with Gasteiger partial charge in [-0.1, -0.05) is 24.1 Å². The normalized spacial score (nSPS) is 21.8. The molecule has 1 aromatic heterocycles. The monoisotopic (exact) mass is 328 g/mol. The number of anilines is 1. The van der Waals surface area contributed by atoms with Crippen LogP contribution in [0.1, 0.15) is 25.7 Å².